The van der Waals surface area contributed by atoms with Gasteiger partial charge in [0, 0.05) is 6.42 Å². The van der Waals surface area contributed by atoms with Crippen molar-refractivity contribution in [3.63, 3.8) is 0 Å². The van der Waals surface area contributed by atoms with Crippen LogP contribution in [0.4, 0.5) is 0 Å². The van der Waals surface area contributed by atoms with Gasteiger partial charge in [0.2, 0.25) is 5.91 Å². The minimum atomic E-state index is -0.777. The van der Waals surface area contributed by atoms with Crippen molar-refractivity contribution in [3.05, 3.63) is 0 Å². The zero-order chi connectivity index (χ0) is 38.9. The van der Waals surface area contributed by atoms with Gasteiger partial charge in [0.15, 0.2) is 0 Å². The van der Waals surface area contributed by atoms with Gasteiger partial charge in [-0.3, -0.25) is 9.59 Å². The fraction of sp³-hybridized carbons (Fsp3) is 0.957. The fourth-order valence-corrected chi connectivity index (χ4v) is 7.55. The minimum absolute atomic E-state index is 0.0870. The first-order chi connectivity index (χ1) is 26.0. The largest absolute Gasteiger partial charge is 0.462 e. The molecule has 0 spiro atoms. The third-order valence-corrected chi connectivity index (χ3v) is 11.2. The molecule has 0 aliphatic carbocycles. The summed E-state index contributed by atoms with van der Waals surface area (Å²) in [5, 5.41) is 23.6. The molecule has 0 aromatic carbocycles. The first-order valence-electron chi connectivity index (χ1n) is 23.8. The van der Waals surface area contributed by atoms with Crippen LogP contribution in [0.1, 0.15) is 265 Å². The third kappa shape index (κ3) is 37.6. The molecule has 0 aliphatic rings. The number of esters is 1. The zero-order valence-electron chi connectivity index (χ0n) is 35.9. The molecule has 0 bridgehead atoms. The van der Waals surface area contributed by atoms with Crippen LogP contribution in [-0.4, -0.2) is 46.9 Å². The number of rotatable bonds is 43. The SMILES string of the molecule is CCCCCCCCCCCCCCC(=O)OC(CCCCCCCCCCCCCC)CC(=O)NC(CO)C(O)CCCCCCCCCCCC. The number of aliphatic hydroxyl groups excluding tert-OH is 2. The van der Waals surface area contributed by atoms with Crippen molar-refractivity contribution >= 4 is 11.9 Å². The second-order valence-electron chi connectivity index (χ2n) is 16.5. The summed E-state index contributed by atoms with van der Waals surface area (Å²) < 4.78 is 5.91. The minimum Gasteiger partial charge on any atom is -0.462 e. The average molecular weight is 752 g/mol. The number of hydrogen-bond acceptors (Lipinski definition) is 5. The van der Waals surface area contributed by atoms with E-state index in [2.05, 4.69) is 26.1 Å². The van der Waals surface area contributed by atoms with Crippen molar-refractivity contribution in [1.82, 2.24) is 5.32 Å². The van der Waals surface area contributed by atoms with E-state index in [0.717, 1.165) is 44.9 Å². The highest BCUT2D eigenvalue weighted by Crippen LogP contribution is 2.18. The van der Waals surface area contributed by atoms with Crippen molar-refractivity contribution in [3.8, 4) is 0 Å². The van der Waals surface area contributed by atoms with Gasteiger partial charge < -0.3 is 20.3 Å². The van der Waals surface area contributed by atoms with E-state index in [-0.39, 0.29) is 24.9 Å². The van der Waals surface area contributed by atoms with Gasteiger partial charge in [0.1, 0.15) is 6.10 Å². The second kappa shape index (κ2) is 42.0. The smallest absolute Gasteiger partial charge is 0.306 e. The van der Waals surface area contributed by atoms with Crippen molar-refractivity contribution < 1.29 is 24.5 Å². The Hall–Kier alpha value is -1.14. The molecule has 3 N–H and O–H groups in total. The molecular formula is C47H93NO5. The van der Waals surface area contributed by atoms with Crippen molar-refractivity contribution in [1.29, 1.82) is 0 Å². The number of amides is 1. The van der Waals surface area contributed by atoms with Crippen LogP contribution in [0, 0.1) is 0 Å². The highest BCUT2D eigenvalue weighted by atomic mass is 16.5. The lowest BCUT2D eigenvalue weighted by Gasteiger charge is -2.24. The maximum absolute atomic E-state index is 13.1. The molecule has 316 valence electrons. The summed E-state index contributed by atoms with van der Waals surface area (Å²) in [4.78, 5) is 26.0. The summed E-state index contributed by atoms with van der Waals surface area (Å²) in [7, 11) is 0. The first kappa shape index (κ1) is 51.9. The predicted octanol–water partition coefficient (Wildman–Crippen LogP) is 13.6. The normalized spacial score (nSPS) is 13.2. The van der Waals surface area contributed by atoms with Gasteiger partial charge in [0.05, 0.1) is 25.2 Å². The summed E-state index contributed by atoms with van der Waals surface area (Å²) in [6.45, 7) is 6.48. The van der Waals surface area contributed by atoms with Gasteiger partial charge in [0.25, 0.3) is 0 Å². The molecule has 0 aliphatic heterocycles. The lowest BCUT2D eigenvalue weighted by Crippen LogP contribution is -2.46. The maximum atomic E-state index is 13.1. The van der Waals surface area contributed by atoms with E-state index in [1.165, 1.54) is 173 Å². The summed E-state index contributed by atoms with van der Waals surface area (Å²) in [6, 6.07) is -0.690. The number of carbonyl (C=O) groups is 2. The van der Waals surface area contributed by atoms with E-state index in [9.17, 15) is 19.8 Å². The second-order valence-corrected chi connectivity index (χ2v) is 16.5. The Balaban J connectivity index is 4.54. The molecule has 0 aromatic heterocycles. The topological polar surface area (TPSA) is 95.9 Å². The van der Waals surface area contributed by atoms with Gasteiger partial charge in [-0.2, -0.15) is 0 Å². The summed E-state index contributed by atoms with van der Waals surface area (Å²) in [5.41, 5.74) is 0. The number of aliphatic hydroxyl groups is 2. The molecule has 0 fully saturated rings. The van der Waals surface area contributed by atoms with Gasteiger partial charge >= 0.3 is 5.97 Å². The number of hydrogen-bond donors (Lipinski definition) is 3. The van der Waals surface area contributed by atoms with Crippen LogP contribution in [0.2, 0.25) is 0 Å². The van der Waals surface area contributed by atoms with Crippen LogP contribution in [-0.2, 0) is 14.3 Å². The molecular weight excluding hydrogens is 659 g/mol. The van der Waals surface area contributed by atoms with E-state index >= 15 is 0 Å². The Bertz CT molecular complexity index is 761. The summed E-state index contributed by atoms with van der Waals surface area (Å²) >= 11 is 0. The fourth-order valence-electron chi connectivity index (χ4n) is 7.55. The highest BCUT2D eigenvalue weighted by molar-refractivity contribution is 5.77. The van der Waals surface area contributed by atoms with Gasteiger partial charge in [-0.1, -0.05) is 226 Å². The molecule has 53 heavy (non-hydrogen) atoms. The van der Waals surface area contributed by atoms with Crippen LogP contribution >= 0.6 is 0 Å². The molecule has 0 saturated heterocycles. The third-order valence-electron chi connectivity index (χ3n) is 11.2. The summed E-state index contributed by atoms with van der Waals surface area (Å²) in [6.07, 6.45) is 43.0. The lowest BCUT2D eigenvalue weighted by molar-refractivity contribution is -0.151. The van der Waals surface area contributed by atoms with E-state index in [1.807, 2.05) is 0 Å². The van der Waals surface area contributed by atoms with Crippen molar-refractivity contribution in [2.24, 2.45) is 0 Å². The molecule has 0 heterocycles. The molecule has 0 rings (SSSR count). The molecule has 0 aromatic rings. The van der Waals surface area contributed by atoms with Crippen LogP contribution in [0.15, 0.2) is 0 Å². The Morgan fingerprint density at radius 3 is 1.15 bits per heavy atom. The first-order valence-corrected chi connectivity index (χ1v) is 23.8. The molecule has 0 radical (unpaired) electrons. The van der Waals surface area contributed by atoms with Gasteiger partial charge in [-0.05, 0) is 25.7 Å². The number of nitrogens with one attached hydrogen (secondary N) is 1. The Kier molecular flexibility index (Phi) is 41.1. The zero-order valence-corrected chi connectivity index (χ0v) is 35.9. The number of ether oxygens (including phenoxy) is 1. The highest BCUT2D eigenvalue weighted by Gasteiger charge is 2.24. The summed E-state index contributed by atoms with van der Waals surface area (Å²) in [5.74, 6) is -0.457. The Labute approximate surface area is 330 Å². The van der Waals surface area contributed by atoms with Crippen molar-refractivity contribution in [2.45, 2.75) is 283 Å². The van der Waals surface area contributed by atoms with E-state index in [0.29, 0.717) is 19.3 Å². The van der Waals surface area contributed by atoms with Crippen LogP contribution in [0.3, 0.4) is 0 Å². The van der Waals surface area contributed by atoms with Crippen LogP contribution in [0.5, 0.6) is 0 Å². The molecule has 1 amide bonds. The molecule has 6 nitrogen and oxygen atoms in total. The van der Waals surface area contributed by atoms with Gasteiger partial charge in [-0.25, -0.2) is 0 Å². The van der Waals surface area contributed by atoms with Crippen LogP contribution in [0.25, 0.3) is 0 Å². The predicted molar refractivity (Wildman–Crippen MR) is 227 cm³/mol. The van der Waals surface area contributed by atoms with E-state index < -0.39 is 18.2 Å². The molecule has 3 atom stereocenters. The molecule has 3 unspecified atom stereocenters. The van der Waals surface area contributed by atoms with Crippen LogP contribution < -0.4 is 5.32 Å². The molecule has 6 heteroatoms. The number of unbranched alkanes of at least 4 members (excludes halogenated alkanes) is 31. The maximum Gasteiger partial charge on any atom is 0.306 e. The lowest BCUT2D eigenvalue weighted by atomic mass is 10.0. The number of carbonyl (C=O) groups excluding carboxylic acids is 2. The average Bonchev–Trinajstić information content (AvgIpc) is 3.15. The quantitative estimate of drug-likeness (QED) is 0.0426. The van der Waals surface area contributed by atoms with E-state index in [1.54, 1.807) is 0 Å². The standard InChI is InChI=1S/C47H93NO5/c1-4-7-10-13-16-19-22-24-26-29-32-35-38-43(53-47(52)40-37-34-31-28-25-23-20-17-14-11-8-5-2)41-46(51)48-44(42-49)45(50)39-36-33-30-27-21-18-15-12-9-6-3/h43-45,49-50H,4-42H2,1-3H3,(H,48,51). The molecule has 0 saturated carbocycles. The van der Waals surface area contributed by atoms with E-state index in [4.69, 9.17) is 4.74 Å². The van der Waals surface area contributed by atoms with Gasteiger partial charge in [-0.15, -0.1) is 0 Å². The monoisotopic (exact) mass is 752 g/mol. The van der Waals surface area contributed by atoms with Crippen molar-refractivity contribution in [2.75, 3.05) is 6.61 Å². The Morgan fingerprint density at radius 1 is 0.472 bits per heavy atom. The Morgan fingerprint density at radius 2 is 0.792 bits per heavy atom.